The maximum atomic E-state index is 16.3. The molecule has 6 heterocycles. The fourth-order valence-corrected chi connectivity index (χ4v) is 17.5. The van der Waals surface area contributed by atoms with E-state index in [2.05, 4.69) is 60.1 Å². The van der Waals surface area contributed by atoms with Crippen LogP contribution in [0, 0.1) is 36.5 Å². The Kier molecular flexibility index (Phi) is 27.5. The molecular formula is C82H106ClN11O21. The highest BCUT2D eigenvalue weighted by molar-refractivity contribution is 6.32. The molecule has 32 nitrogen and oxygen atoms in total. The van der Waals surface area contributed by atoms with Crippen molar-refractivity contribution in [3.63, 3.8) is 0 Å². The van der Waals surface area contributed by atoms with Crippen LogP contribution in [-0.4, -0.2) is 187 Å². The van der Waals surface area contributed by atoms with Crippen molar-refractivity contribution in [1.29, 1.82) is 0 Å². The number of halogens is 1. The number of nitrogens with one attached hydrogen (secondary N) is 10. The first-order valence-corrected chi connectivity index (χ1v) is 40.1. The van der Waals surface area contributed by atoms with Gasteiger partial charge < -0.3 is 124 Å². The van der Waals surface area contributed by atoms with Crippen LogP contribution in [0.15, 0.2) is 72.8 Å². The standard InChI is InChI=1S/C82H106ClN11O21/c1-6-7-8-9-10-11-12-19-86-20-21-87-35-49-54(97)33-48-61(70(49)101)47-29-41(13-16-53(47)96)63-77(107)94-67(81(111)92-65(48)79(109)89-62-44-25-39-24-40(27-44)28-45(62)26-39)69(100)43-15-18-56(50(83)30-43)113-58-32-46-31-57(74(58)115-82-73(104)72(103)71(102)59(36-95)114-82)112-55-17-14-42(23-38(55)4)68(99)66(93-75(105)51(85-5)22-37(2)3)80(110)88-52(34-60(84)98)76(106)90-64(46)78(108)91-63/h13-18,23,29-33,37,39-40,44-45,51-52,59,62-69,71-73,82,85-87,95-97,99-104H,6-12,19-22,24-28,34-36H2,1-5H3,(H2,84,98)(H,88,110)(H,89,109)(H,90,106)(H,91,108)(H,92,111)(H,93,105)(H,94,107)/t39?,40?,44?,45?,51-,52+,59-,62?,63-,64-,65+,66-,67+,68-,69-,71-,72+,73-,82+/m1/s1. The van der Waals surface area contributed by atoms with Crippen LogP contribution in [-0.2, 0) is 49.6 Å². The number of aryl methyl sites for hydroxylation is 1. The lowest BCUT2D eigenvalue weighted by molar-refractivity contribution is -0.277. The first-order chi connectivity index (χ1) is 55.0. The van der Waals surface area contributed by atoms with Crippen LogP contribution in [0.5, 0.6) is 46.0 Å². The molecule has 622 valence electrons. The first kappa shape index (κ1) is 84.9. The summed E-state index contributed by atoms with van der Waals surface area (Å²) in [4.78, 5) is 122. The van der Waals surface area contributed by atoms with Gasteiger partial charge in [0.25, 0.3) is 0 Å². The Hall–Kier alpha value is -9.45. The predicted octanol–water partition coefficient (Wildman–Crippen LogP) is 3.81. The van der Waals surface area contributed by atoms with Crippen LogP contribution in [0.2, 0.25) is 5.02 Å². The van der Waals surface area contributed by atoms with Crippen molar-refractivity contribution in [3.05, 3.63) is 117 Å². The van der Waals surface area contributed by atoms with E-state index >= 15 is 24.0 Å². The molecule has 1 saturated heterocycles. The van der Waals surface area contributed by atoms with E-state index in [0.717, 1.165) is 88.6 Å². The molecule has 15 rings (SSSR count). The van der Waals surface area contributed by atoms with Crippen molar-refractivity contribution in [3.8, 4) is 57.1 Å². The van der Waals surface area contributed by atoms with Gasteiger partial charge in [0.2, 0.25) is 59.3 Å². The normalized spacial score (nSPS) is 28.0. The van der Waals surface area contributed by atoms with Crippen molar-refractivity contribution in [2.75, 3.05) is 33.3 Å². The lowest BCUT2D eigenvalue weighted by Crippen LogP contribution is -2.60. The third kappa shape index (κ3) is 19.2. The van der Waals surface area contributed by atoms with E-state index in [1.54, 1.807) is 0 Å². The molecule has 33 heteroatoms. The smallest absolute Gasteiger partial charge is 0.248 e. The summed E-state index contributed by atoms with van der Waals surface area (Å²) in [6, 6.07) is 0.721. The average Bonchev–Trinajstić information content (AvgIpc) is 0.758. The number of benzene rings is 5. The molecule has 5 aromatic carbocycles. The summed E-state index contributed by atoms with van der Waals surface area (Å²) in [7, 11) is 1.51. The number of carbonyl (C=O) groups excluding carboxylic acids is 8. The second-order valence-electron chi connectivity index (χ2n) is 31.9. The van der Waals surface area contributed by atoms with E-state index in [9.17, 15) is 60.3 Å². The van der Waals surface area contributed by atoms with Crippen molar-refractivity contribution in [2.45, 2.75) is 215 Å². The third-order valence-electron chi connectivity index (χ3n) is 23.2. The van der Waals surface area contributed by atoms with Crippen molar-refractivity contribution in [1.82, 2.24) is 53.2 Å². The second kappa shape index (κ2) is 37.2. The molecule has 14 atom stereocenters. The van der Waals surface area contributed by atoms with Gasteiger partial charge in [0.15, 0.2) is 11.5 Å². The number of amides is 8. The number of phenolic OH excluding ortho intramolecular Hbond substituents is 3. The van der Waals surface area contributed by atoms with Gasteiger partial charge in [-0.15, -0.1) is 0 Å². The molecule has 6 aliphatic heterocycles. The highest BCUT2D eigenvalue weighted by Crippen LogP contribution is 2.55. The zero-order valence-electron chi connectivity index (χ0n) is 64.8. The summed E-state index contributed by atoms with van der Waals surface area (Å²) in [5.74, 6) is -12.1. The van der Waals surface area contributed by atoms with Gasteiger partial charge in [0, 0.05) is 36.8 Å². The molecule has 4 aliphatic carbocycles. The number of rotatable bonds is 25. The van der Waals surface area contributed by atoms with E-state index in [1.807, 2.05) is 13.8 Å². The molecular weight excluding hydrogens is 1510 g/mol. The molecule has 0 aromatic heterocycles. The van der Waals surface area contributed by atoms with Gasteiger partial charge in [-0.2, -0.15) is 0 Å². The lowest BCUT2D eigenvalue weighted by atomic mass is 9.54. The van der Waals surface area contributed by atoms with Gasteiger partial charge in [-0.3, -0.25) is 38.4 Å². The highest BCUT2D eigenvalue weighted by atomic mass is 35.5. The number of fused-ring (bicyclic) bond motifs is 15. The number of ether oxygens (including phenoxy) is 4. The molecule has 21 N–H and O–H groups in total. The summed E-state index contributed by atoms with van der Waals surface area (Å²) >= 11 is 7.19. The quantitative estimate of drug-likeness (QED) is 0.0369. The number of aliphatic hydroxyl groups excluding tert-OH is 6. The van der Waals surface area contributed by atoms with Crippen LogP contribution in [0.1, 0.15) is 180 Å². The predicted molar refractivity (Wildman–Crippen MR) is 417 cm³/mol. The largest absolute Gasteiger partial charge is 0.507 e. The highest BCUT2D eigenvalue weighted by Gasteiger charge is 2.51. The van der Waals surface area contributed by atoms with Crippen molar-refractivity contribution in [2.24, 2.45) is 35.3 Å². The summed E-state index contributed by atoms with van der Waals surface area (Å²) in [6.45, 7) is 7.85. The number of unbranched alkanes of at least 4 members (excludes halogenated alkanes) is 6. The van der Waals surface area contributed by atoms with Gasteiger partial charge in [-0.25, -0.2) is 0 Å². The zero-order chi connectivity index (χ0) is 82.4. The maximum Gasteiger partial charge on any atom is 0.248 e. The summed E-state index contributed by atoms with van der Waals surface area (Å²) in [5, 5.41) is 135. The van der Waals surface area contributed by atoms with Crippen LogP contribution >= 0.6 is 11.6 Å². The molecule has 15 bridgehead atoms. The number of carbonyl (C=O) groups is 8. The zero-order valence-corrected chi connectivity index (χ0v) is 65.5. The van der Waals surface area contributed by atoms with Crippen LogP contribution in [0.3, 0.4) is 0 Å². The number of primary amides is 1. The maximum absolute atomic E-state index is 16.3. The van der Waals surface area contributed by atoms with Gasteiger partial charge in [0.1, 0.15) is 102 Å². The number of phenols is 3. The molecule has 0 spiro atoms. The molecule has 4 saturated carbocycles. The second-order valence-corrected chi connectivity index (χ2v) is 32.4. The molecule has 8 amide bonds. The minimum Gasteiger partial charge on any atom is -0.507 e. The fourth-order valence-electron chi connectivity index (χ4n) is 17.3. The molecule has 0 unspecified atom stereocenters. The Morgan fingerprint density at radius 2 is 1.26 bits per heavy atom. The van der Waals surface area contributed by atoms with Crippen LogP contribution in [0.4, 0.5) is 0 Å². The topological polar surface area (TPSA) is 502 Å². The van der Waals surface area contributed by atoms with Gasteiger partial charge >= 0.3 is 0 Å². The number of nitrogens with two attached hydrogens (primary N) is 1. The SMILES string of the molecule is CCCCCCCCCNCCNCc1c(O)cc2c(c1O)-c1cc(ccc1O)[C@H]1NC(=O)[C@@H]3NC(=O)[C@H](CC(N)=O)NC(=O)[C@H](NC(=O)[C@@H](CC(C)C)NC)[C@H](O)c4ccc(c(C)c4)Oc4cc3cc(c4O[C@@H]3O[C@H](CO)[C@@H](O)[C@H](O)[C@H]3O)Oc3ccc(cc3Cl)[C@@H](O)[C@H](NC1=O)C(=O)N[C@@H]2C(=O)NC1C2CC3CC(C2)CC1C3. The van der Waals surface area contributed by atoms with E-state index in [0.29, 0.717) is 24.9 Å². The first-order valence-electron chi connectivity index (χ1n) is 39.7. The van der Waals surface area contributed by atoms with Gasteiger partial charge in [0.05, 0.1) is 29.7 Å². The van der Waals surface area contributed by atoms with Crippen molar-refractivity contribution < 1.29 is 103 Å². The minimum atomic E-state index is -2.27. The molecule has 115 heavy (non-hydrogen) atoms. The van der Waals surface area contributed by atoms with E-state index < -0.39 is 180 Å². The molecule has 0 radical (unpaired) electrons. The lowest BCUT2D eigenvalue weighted by Gasteiger charge is -2.54. The summed E-state index contributed by atoms with van der Waals surface area (Å²) < 4.78 is 25.6. The Morgan fingerprint density at radius 3 is 1.91 bits per heavy atom. The monoisotopic (exact) mass is 1620 g/mol. The third-order valence-corrected chi connectivity index (χ3v) is 23.5. The van der Waals surface area contributed by atoms with Gasteiger partial charge in [-0.05, 0) is 183 Å². The number of aromatic hydroxyl groups is 3. The van der Waals surface area contributed by atoms with Crippen molar-refractivity contribution >= 4 is 58.9 Å². The Labute approximate surface area is 670 Å². The number of aliphatic hydroxyl groups is 6. The van der Waals surface area contributed by atoms with E-state index in [1.165, 1.54) is 81.8 Å². The van der Waals surface area contributed by atoms with E-state index in [4.69, 9.17) is 36.3 Å². The fraction of sp³-hybridized carbons (Fsp3) is 0.537. The number of likely N-dealkylation sites (N-methyl/N-ethyl adjacent to an activating group) is 1. The number of hydrogen-bond acceptors (Lipinski definition) is 24. The summed E-state index contributed by atoms with van der Waals surface area (Å²) in [6.07, 6.45) is -2.22. The Morgan fingerprint density at radius 1 is 0.635 bits per heavy atom. The van der Waals surface area contributed by atoms with Crippen LogP contribution < -0.4 is 73.1 Å². The van der Waals surface area contributed by atoms with Gasteiger partial charge in [-0.1, -0.05) is 89.1 Å². The molecule has 5 aromatic rings. The van der Waals surface area contributed by atoms with E-state index in [-0.39, 0.29) is 103 Å². The molecule has 10 aliphatic rings. The Balaban J connectivity index is 1.03. The molecule has 5 fully saturated rings. The average molecular weight is 1620 g/mol. The van der Waals surface area contributed by atoms with Crippen LogP contribution in [0.25, 0.3) is 11.1 Å². The summed E-state index contributed by atoms with van der Waals surface area (Å²) in [5.41, 5.74) is 4.18. The minimum absolute atomic E-state index is 0.00488. The number of hydrogen-bond donors (Lipinski definition) is 20. The Bertz CT molecular complexity index is 4410.